The molecular weight excluding hydrogens is 590 g/mol. The second-order valence-electron chi connectivity index (χ2n) is 11.0. The Labute approximate surface area is 255 Å². The molecule has 5 aromatic rings. The van der Waals surface area contributed by atoms with Gasteiger partial charge in [0.05, 0.1) is 23.9 Å². The third-order valence-electron chi connectivity index (χ3n) is 7.78. The molecule has 0 spiro atoms. The summed E-state index contributed by atoms with van der Waals surface area (Å²) in [6, 6.07) is 17.2. The minimum absolute atomic E-state index is 0.0271. The molecule has 0 aliphatic carbocycles. The lowest BCUT2D eigenvalue weighted by molar-refractivity contribution is -0.137. The molecule has 2 aromatic carbocycles. The maximum atomic E-state index is 15.3. The molecule has 232 valence electrons. The smallest absolute Gasteiger partial charge is 0.416 e. The quantitative estimate of drug-likeness (QED) is 0.204. The minimum atomic E-state index is -4.72. The van der Waals surface area contributed by atoms with Crippen LogP contribution in [-0.4, -0.2) is 38.7 Å². The summed E-state index contributed by atoms with van der Waals surface area (Å²) in [7, 11) is 1.59. The number of hydrogen-bond donors (Lipinski definition) is 0. The summed E-state index contributed by atoms with van der Waals surface area (Å²) in [5, 5.41) is 0.242. The molecule has 0 N–H and O–H groups in total. The van der Waals surface area contributed by atoms with Crippen molar-refractivity contribution >= 4 is 16.9 Å². The van der Waals surface area contributed by atoms with Crippen molar-refractivity contribution in [2.24, 2.45) is 7.05 Å². The standard InChI is InChI=1S/C33H29F4N5O3/c1-19-13-25-29(24-11-10-23(14-26(24)34)33(35,36)37)39-32(40-30(25)31(43)41(19)3)42-16-20(2)45-27(17-42)22-9-12-28(38-15-22)44-18-21-7-5-4-6-8-21/h4-15,20,27H,16-18H2,1-3H3. The molecule has 45 heavy (non-hydrogen) atoms. The van der Waals surface area contributed by atoms with Crippen LogP contribution in [0.2, 0.25) is 0 Å². The normalized spacial score (nSPS) is 17.1. The minimum Gasteiger partial charge on any atom is -0.473 e. The Morgan fingerprint density at radius 1 is 1.02 bits per heavy atom. The summed E-state index contributed by atoms with van der Waals surface area (Å²) in [5.74, 6) is -0.521. The lowest BCUT2D eigenvalue weighted by Gasteiger charge is -2.37. The SMILES string of the molecule is Cc1cc2c(-c3ccc(C(F)(F)F)cc3F)nc(N3CC(C)OC(c4ccc(OCc5ccccc5)nc4)C3)nc2c(=O)n1C. The predicted molar refractivity (Wildman–Crippen MR) is 160 cm³/mol. The second-order valence-corrected chi connectivity index (χ2v) is 11.0. The molecule has 4 heterocycles. The van der Waals surface area contributed by atoms with E-state index in [1.165, 1.54) is 4.57 Å². The average Bonchev–Trinajstić information content (AvgIpc) is 3.02. The molecule has 0 bridgehead atoms. The lowest BCUT2D eigenvalue weighted by atomic mass is 10.0. The Bertz CT molecular complexity index is 1910. The summed E-state index contributed by atoms with van der Waals surface area (Å²) < 4.78 is 68.6. The van der Waals surface area contributed by atoms with E-state index in [1.54, 1.807) is 32.3 Å². The highest BCUT2D eigenvalue weighted by molar-refractivity contribution is 5.93. The summed E-state index contributed by atoms with van der Waals surface area (Å²) in [4.78, 5) is 28.8. The second kappa shape index (κ2) is 11.9. The van der Waals surface area contributed by atoms with Crippen molar-refractivity contribution in [1.82, 2.24) is 19.5 Å². The first-order chi connectivity index (χ1) is 21.5. The zero-order valence-corrected chi connectivity index (χ0v) is 24.7. The van der Waals surface area contributed by atoms with E-state index in [1.807, 2.05) is 48.2 Å². The number of ether oxygens (including phenoxy) is 2. The monoisotopic (exact) mass is 619 g/mol. The highest BCUT2D eigenvalue weighted by atomic mass is 19.4. The van der Waals surface area contributed by atoms with E-state index in [4.69, 9.17) is 9.47 Å². The molecule has 1 saturated heterocycles. The first kappa shape index (κ1) is 30.2. The third-order valence-corrected chi connectivity index (χ3v) is 7.78. The summed E-state index contributed by atoms with van der Waals surface area (Å²) >= 11 is 0. The van der Waals surface area contributed by atoms with Crippen molar-refractivity contribution in [2.45, 2.75) is 38.8 Å². The number of fused-ring (bicyclic) bond motifs is 1. The zero-order chi connectivity index (χ0) is 31.9. The van der Waals surface area contributed by atoms with Crippen molar-refractivity contribution < 1.29 is 27.0 Å². The summed E-state index contributed by atoms with van der Waals surface area (Å²) in [5.41, 5.74) is 0.677. The first-order valence-electron chi connectivity index (χ1n) is 14.3. The number of hydrogen-bond acceptors (Lipinski definition) is 7. The fraction of sp³-hybridized carbons (Fsp3) is 0.273. The molecule has 2 atom stereocenters. The van der Waals surface area contributed by atoms with Gasteiger partial charge in [0.15, 0.2) is 0 Å². The zero-order valence-electron chi connectivity index (χ0n) is 24.7. The van der Waals surface area contributed by atoms with Crippen LogP contribution in [0, 0.1) is 12.7 Å². The Morgan fingerprint density at radius 3 is 2.49 bits per heavy atom. The van der Waals surface area contributed by atoms with Crippen LogP contribution in [0.1, 0.15) is 35.4 Å². The van der Waals surface area contributed by atoms with Gasteiger partial charge < -0.3 is 18.9 Å². The van der Waals surface area contributed by atoms with Gasteiger partial charge in [0, 0.05) is 48.1 Å². The molecular formula is C33H29F4N5O3. The van der Waals surface area contributed by atoms with Crippen LogP contribution in [0.3, 0.4) is 0 Å². The fourth-order valence-electron chi connectivity index (χ4n) is 5.31. The van der Waals surface area contributed by atoms with E-state index in [2.05, 4.69) is 15.0 Å². The van der Waals surface area contributed by atoms with Gasteiger partial charge in [0.1, 0.15) is 24.0 Å². The number of alkyl halides is 3. The number of nitrogens with zero attached hydrogens (tertiary/aromatic N) is 5. The molecule has 0 radical (unpaired) electrons. The highest BCUT2D eigenvalue weighted by Gasteiger charge is 2.33. The Balaban J connectivity index is 1.34. The summed E-state index contributed by atoms with van der Waals surface area (Å²) in [6.45, 7) is 4.58. The van der Waals surface area contributed by atoms with Gasteiger partial charge in [-0.3, -0.25) is 4.79 Å². The maximum absolute atomic E-state index is 15.3. The van der Waals surface area contributed by atoms with Crippen LogP contribution >= 0.6 is 0 Å². The van der Waals surface area contributed by atoms with Crippen LogP contribution in [0.25, 0.3) is 22.2 Å². The molecule has 3 aromatic heterocycles. The van der Waals surface area contributed by atoms with Gasteiger partial charge in [-0.15, -0.1) is 0 Å². The number of pyridine rings is 2. The van der Waals surface area contributed by atoms with Crippen LogP contribution in [0.5, 0.6) is 5.88 Å². The molecule has 1 aliphatic heterocycles. The van der Waals surface area contributed by atoms with Gasteiger partial charge in [-0.25, -0.2) is 19.3 Å². The topological polar surface area (TPSA) is 82.4 Å². The first-order valence-corrected chi connectivity index (χ1v) is 14.3. The molecule has 12 heteroatoms. The molecule has 0 amide bonds. The van der Waals surface area contributed by atoms with Gasteiger partial charge >= 0.3 is 6.18 Å². The van der Waals surface area contributed by atoms with Crippen molar-refractivity contribution in [1.29, 1.82) is 0 Å². The van der Waals surface area contributed by atoms with E-state index in [0.717, 1.165) is 23.3 Å². The Morgan fingerprint density at radius 2 is 1.80 bits per heavy atom. The van der Waals surface area contributed by atoms with Crippen LogP contribution < -0.4 is 15.2 Å². The van der Waals surface area contributed by atoms with Crippen LogP contribution in [-0.2, 0) is 24.6 Å². The number of rotatable bonds is 6. The van der Waals surface area contributed by atoms with Crippen LogP contribution in [0.15, 0.2) is 77.7 Å². The number of aromatic nitrogens is 4. The molecule has 1 fully saturated rings. The van der Waals surface area contributed by atoms with E-state index in [-0.39, 0.29) is 40.8 Å². The van der Waals surface area contributed by atoms with E-state index in [9.17, 15) is 18.0 Å². The van der Waals surface area contributed by atoms with Gasteiger partial charge in [0.2, 0.25) is 11.8 Å². The lowest BCUT2D eigenvalue weighted by Crippen LogP contribution is -2.44. The van der Waals surface area contributed by atoms with E-state index < -0.39 is 29.2 Å². The van der Waals surface area contributed by atoms with Gasteiger partial charge in [-0.05, 0) is 49.7 Å². The summed E-state index contributed by atoms with van der Waals surface area (Å²) in [6.07, 6.45) is -3.78. The maximum Gasteiger partial charge on any atom is 0.416 e. The van der Waals surface area contributed by atoms with Crippen LogP contribution in [0.4, 0.5) is 23.5 Å². The Kier molecular flexibility index (Phi) is 8.00. The van der Waals surface area contributed by atoms with Gasteiger partial charge in [-0.1, -0.05) is 30.3 Å². The number of anilines is 1. The van der Waals surface area contributed by atoms with Gasteiger partial charge in [-0.2, -0.15) is 13.2 Å². The van der Waals surface area contributed by atoms with Crippen molar-refractivity contribution in [3.8, 4) is 17.1 Å². The van der Waals surface area contributed by atoms with E-state index >= 15 is 4.39 Å². The largest absolute Gasteiger partial charge is 0.473 e. The third kappa shape index (κ3) is 6.23. The number of aryl methyl sites for hydroxylation is 1. The molecule has 6 rings (SSSR count). The fourth-order valence-corrected chi connectivity index (χ4v) is 5.31. The highest BCUT2D eigenvalue weighted by Crippen LogP contribution is 2.36. The average molecular weight is 620 g/mol. The molecule has 2 unspecified atom stereocenters. The van der Waals surface area contributed by atoms with Crippen molar-refractivity contribution in [2.75, 3.05) is 18.0 Å². The molecule has 8 nitrogen and oxygen atoms in total. The van der Waals surface area contributed by atoms with Crippen molar-refractivity contribution in [3.63, 3.8) is 0 Å². The predicted octanol–water partition coefficient (Wildman–Crippen LogP) is 6.40. The Hall–Kier alpha value is -4.84. The molecule has 1 aliphatic rings. The molecule has 0 saturated carbocycles. The van der Waals surface area contributed by atoms with E-state index in [0.29, 0.717) is 30.8 Å². The van der Waals surface area contributed by atoms with Gasteiger partial charge in [0.25, 0.3) is 5.56 Å². The number of morpholine rings is 1. The number of benzene rings is 2. The van der Waals surface area contributed by atoms with Crippen molar-refractivity contribution in [3.05, 3.63) is 111 Å². The number of halogens is 4.